The fraction of sp³-hybridized carbons (Fsp3) is 0.643. The summed E-state index contributed by atoms with van der Waals surface area (Å²) >= 11 is 0. The van der Waals surface area contributed by atoms with E-state index in [0.717, 1.165) is 17.5 Å². The Labute approximate surface area is 96.7 Å². The molecule has 2 saturated carbocycles. The van der Waals surface area contributed by atoms with E-state index in [1.165, 1.54) is 19.3 Å². The molecule has 0 radical (unpaired) electrons. The maximum Gasteiger partial charge on any atom is 0.0654 e. The Bertz CT molecular complexity index is 354. The van der Waals surface area contributed by atoms with E-state index in [9.17, 15) is 5.11 Å². The Balaban J connectivity index is 1.69. The zero-order valence-electron chi connectivity index (χ0n) is 9.71. The quantitative estimate of drug-likeness (QED) is 0.844. The van der Waals surface area contributed by atoms with Crippen molar-refractivity contribution in [1.29, 1.82) is 0 Å². The van der Waals surface area contributed by atoms with Crippen LogP contribution in [-0.2, 0) is 0 Å². The Kier molecular flexibility index (Phi) is 2.47. The molecule has 0 aliphatic heterocycles. The van der Waals surface area contributed by atoms with Crippen molar-refractivity contribution in [2.75, 3.05) is 0 Å². The van der Waals surface area contributed by atoms with Gasteiger partial charge in [-0.2, -0.15) is 0 Å². The highest BCUT2D eigenvalue weighted by molar-refractivity contribution is 5.14. The molecule has 4 atom stereocenters. The molecule has 2 aliphatic rings. The van der Waals surface area contributed by atoms with E-state index >= 15 is 0 Å². The zero-order valence-corrected chi connectivity index (χ0v) is 9.71. The van der Waals surface area contributed by atoms with Crippen LogP contribution in [0.3, 0.4) is 0 Å². The maximum absolute atomic E-state index is 10.4. The third kappa shape index (κ3) is 1.56. The second-order valence-electron chi connectivity index (χ2n) is 5.37. The number of nitrogens with zero attached hydrogens (tertiary/aromatic N) is 1. The van der Waals surface area contributed by atoms with Crippen LogP contribution in [0.15, 0.2) is 24.4 Å². The number of fused-ring (bicyclic) bond motifs is 1. The lowest BCUT2D eigenvalue weighted by Crippen LogP contribution is -2.21. The van der Waals surface area contributed by atoms with Crippen molar-refractivity contribution in [2.45, 2.75) is 38.2 Å². The van der Waals surface area contributed by atoms with Gasteiger partial charge in [0.15, 0.2) is 0 Å². The van der Waals surface area contributed by atoms with Crippen LogP contribution in [0.1, 0.15) is 37.8 Å². The van der Waals surface area contributed by atoms with Crippen LogP contribution < -0.4 is 0 Å². The van der Waals surface area contributed by atoms with Crippen molar-refractivity contribution in [3.63, 3.8) is 0 Å². The smallest absolute Gasteiger partial charge is 0.0654 e. The monoisotopic (exact) mass is 217 g/mol. The van der Waals surface area contributed by atoms with Crippen molar-refractivity contribution in [1.82, 2.24) is 4.98 Å². The van der Waals surface area contributed by atoms with Crippen LogP contribution in [0.4, 0.5) is 0 Å². The van der Waals surface area contributed by atoms with Gasteiger partial charge in [-0.15, -0.1) is 0 Å². The Morgan fingerprint density at radius 2 is 2.06 bits per heavy atom. The lowest BCUT2D eigenvalue weighted by Gasteiger charge is -2.19. The number of hydrogen-bond donors (Lipinski definition) is 1. The normalized spacial score (nSPS) is 35.5. The summed E-state index contributed by atoms with van der Waals surface area (Å²) in [5.74, 6) is 2.38. The van der Waals surface area contributed by atoms with E-state index in [2.05, 4.69) is 11.9 Å². The van der Waals surface area contributed by atoms with Crippen LogP contribution in [0.2, 0.25) is 0 Å². The number of aliphatic hydroxyl groups excluding tert-OH is 1. The van der Waals surface area contributed by atoms with Gasteiger partial charge in [-0.3, -0.25) is 4.98 Å². The predicted octanol–water partition coefficient (Wildman–Crippen LogP) is 2.59. The summed E-state index contributed by atoms with van der Waals surface area (Å²) in [6, 6.07) is 5.94. The number of rotatable bonds is 3. The summed E-state index contributed by atoms with van der Waals surface area (Å²) in [4.78, 5) is 4.34. The first-order valence-corrected chi connectivity index (χ1v) is 6.38. The van der Waals surface area contributed by atoms with Crippen molar-refractivity contribution in [3.8, 4) is 0 Å². The van der Waals surface area contributed by atoms with E-state index in [1.54, 1.807) is 0 Å². The summed E-state index contributed by atoms with van der Waals surface area (Å²) in [7, 11) is 0. The highest BCUT2D eigenvalue weighted by Gasteiger charge is 2.56. The third-order valence-electron chi connectivity index (χ3n) is 4.53. The van der Waals surface area contributed by atoms with Crippen molar-refractivity contribution >= 4 is 0 Å². The van der Waals surface area contributed by atoms with Gasteiger partial charge < -0.3 is 5.11 Å². The molecule has 2 nitrogen and oxygen atoms in total. The van der Waals surface area contributed by atoms with E-state index in [-0.39, 0.29) is 12.0 Å². The van der Waals surface area contributed by atoms with Crippen LogP contribution in [0.25, 0.3) is 0 Å². The standard InChI is InChI=1S/C14H19NO/c1-9(12-7-2-3-8-15-12)14(16)13-10-5-4-6-11(10)13/h2-3,7-11,13-14,16H,4-6H2,1H3. The molecule has 1 aromatic rings. The lowest BCUT2D eigenvalue weighted by atomic mass is 9.93. The van der Waals surface area contributed by atoms with Crippen molar-refractivity contribution in [3.05, 3.63) is 30.1 Å². The molecule has 1 N–H and O–H groups in total. The molecule has 0 saturated heterocycles. The first-order chi connectivity index (χ1) is 7.79. The molecule has 0 bridgehead atoms. The van der Waals surface area contributed by atoms with E-state index in [1.807, 2.05) is 24.4 Å². The largest absolute Gasteiger partial charge is 0.392 e. The molecular weight excluding hydrogens is 198 g/mol. The number of hydrogen-bond acceptors (Lipinski definition) is 2. The Morgan fingerprint density at radius 3 is 2.69 bits per heavy atom. The summed E-state index contributed by atoms with van der Waals surface area (Å²) in [6.07, 6.45) is 5.66. The predicted molar refractivity (Wildman–Crippen MR) is 63.0 cm³/mol. The summed E-state index contributed by atoms with van der Waals surface area (Å²) in [5.41, 5.74) is 1.03. The first-order valence-electron chi connectivity index (χ1n) is 6.38. The molecule has 16 heavy (non-hydrogen) atoms. The van der Waals surface area contributed by atoms with Gasteiger partial charge in [0.05, 0.1) is 6.10 Å². The van der Waals surface area contributed by atoms with Gasteiger partial charge in [-0.05, 0) is 42.7 Å². The van der Waals surface area contributed by atoms with Crippen LogP contribution >= 0.6 is 0 Å². The SMILES string of the molecule is CC(c1ccccn1)C(O)C1C2CCCC21. The molecule has 0 amide bonds. The first kappa shape index (κ1) is 10.3. The van der Waals surface area contributed by atoms with Gasteiger partial charge in [0.2, 0.25) is 0 Å². The second kappa shape index (κ2) is 3.85. The molecule has 1 heterocycles. The number of pyridine rings is 1. The summed E-state index contributed by atoms with van der Waals surface area (Å²) in [6.45, 7) is 2.10. The molecule has 4 unspecified atom stereocenters. The van der Waals surface area contributed by atoms with Gasteiger partial charge >= 0.3 is 0 Å². The molecule has 0 aromatic carbocycles. The van der Waals surface area contributed by atoms with Gasteiger partial charge in [0, 0.05) is 17.8 Å². The molecular formula is C14H19NO. The molecule has 2 fully saturated rings. The van der Waals surface area contributed by atoms with Crippen LogP contribution in [0, 0.1) is 17.8 Å². The topological polar surface area (TPSA) is 33.1 Å². The van der Waals surface area contributed by atoms with Crippen molar-refractivity contribution in [2.24, 2.45) is 17.8 Å². The highest BCUT2D eigenvalue weighted by Crippen LogP contribution is 2.60. The van der Waals surface area contributed by atoms with Gasteiger partial charge in [0.25, 0.3) is 0 Å². The van der Waals surface area contributed by atoms with Gasteiger partial charge in [0.1, 0.15) is 0 Å². The number of aliphatic hydroxyl groups is 1. The lowest BCUT2D eigenvalue weighted by molar-refractivity contribution is 0.110. The van der Waals surface area contributed by atoms with Gasteiger partial charge in [-0.25, -0.2) is 0 Å². The van der Waals surface area contributed by atoms with E-state index in [0.29, 0.717) is 5.92 Å². The van der Waals surface area contributed by atoms with Crippen LogP contribution in [0.5, 0.6) is 0 Å². The molecule has 0 spiro atoms. The third-order valence-corrected chi connectivity index (χ3v) is 4.53. The summed E-state index contributed by atoms with van der Waals surface area (Å²) < 4.78 is 0. The maximum atomic E-state index is 10.4. The molecule has 2 aliphatic carbocycles. The fourth-order valence-corrected chi connectivity index (χ4v) is 3.54. The van der Waals surface area contributed by atoms with E-state index < -0.39 is 0 Å². The van der Waals surface area contributed by atoms with E-state index in [4.69, 9.17) is 0 Å². The average molecular weight is 217 g/mol. The van der Waals surface area contributed by atoms with Gasteiger partial charge in [-0.1, -0.05) is 19.4 Å². The fourth-order valence-electron chi connectivity index (χ4n) is 3.54. The minimum absolute atomic E-state index is 0.178. The number of aromatic nitrogens is 1. The molecule has 1 aromatic heterocycles. The Hall–Kier alpha value is -0.890. The summed E-state index contributed by atoms with van der Waals surface area (Å²) in [5, 5.41) is 10.4. The molecule has 3 rings (SSSR count). The highest BCUT2D eigenvalue weighted by atomic mass is 16.3. The minimum Gasteiger partial charge on any atom is -0.392 e. The average Bonchev–Trinajstić information content (AvgIpc) is 2.81. The minimum atomic E-state index is -0.190. The van der Waals surface area contributed by atoms with Crippen molar-refractivity contribution < 1.29 is 5.11 Å². The Morgan fingerprint density at radius 1 is 1.31 bits per heavy atom. The molecule has 86 valence electrons. The molecule has 2 heteroatoms. The van der Waals surface area contributed by atoms with Crippen LogP contribution in [-0.4, -0.2) is 16.2 Å². The zero-order chi connectivity index (χ0) is 11.1. The second-order valence-corrected chi connectivity index (χ2v) is 5.37.